The number of amides is 1. The van der Waals surface area contributed by atoms with Crippen molar-refractivity contribution in [2.24, 2.45) is 0 Å². The minimum Gasteiger partial charge on any atom is -0.485 e. The van der Waals surface area contributed by atoms with Gasteiger partial charge in [-0.2, -0.15) is 0 Å². The van der Waals surface area contributed by atoms with Gasteiger partial charge in [-0.15, -0.1) is 0 Å². The molecule has 0 aliphatic carbocycles. The van der Waals surface area contributed by atoms with Crippen molar-refractivity contribution < 1.29 is 18.8 Å². The van der Waals surface area contributed by atoms with E-state index in [0.29, 0.717) is 28.8 Å². The molecule has 0 saturated carbocycles. The number of hydrogen-bond donors (Lipinski definition) is 1. The van der Waals surface area contributed by atoms with Gasteiger partial charge in [0, 0.05) is 12.1 Å². The van der Waals surface area contributed by atoms with E-state index in [1.165, 1.54) is 22.5 Å². The zero-order chi connectivity index (χ0) is 25.1. The fourth-order valence-electron chi connectivity index (χ4n) is 4.58. The molecule has 0 spiro atoms. The minimum absolute atomic E-state index is 0.0676. The molecule has 36 heavy (non-hydrogen) atoms. The first kappa shape index (κ1) is 24.1. The molecule has 2 aromatic carbocycles. The zero-order valence-electron chi connectivity index (χ0n) is 20.7. The lowest BCUT2D eigenvalue weighted by molar-refractivity contribution is 0.0958. The molecule has 5 rings (SSSR count). The van der Waals surface area contributed by atoms with Gasteiger partial charge in [0.25, 0.3) is 11.1 Å². The molecule has 7 nitrogen and oxygen atoms in total. The number of carbonyl (C=O) groups is 1. The number of nitrogens with zero attached hydrogens (tertiary/aromatic N) is 2. The molecule has 1 aliphatic heterocycles. The van der Waals surface area contributed by atoms with E-state index in [4.69, 9.17) is 14.0 Å². The SMILES string of the molecule is CCc1ccccc1C1CCc2cc(Oc3ncc(C(=O)NCCc4c(C)noc4C)s3)ccc2O1. The minimum atomic E-state index is -0.175. The van der Waals surface area contributed by atoms with Gasteiger partial charge in [0.15, 0.2) is 0 Å². The van der Waals surface area contributed by atoms with E-state index in [1.54, 1.807) is 6.20 Å². The standard InChI is InChI=1S/C28H29N3O4S/c1-4-19-7-5-6-8-23(19)25-11-9-20-15-21(10-12-24(20)34-25)33-28-30-16-26(36-28)27(32)29-14-13-22-17(2)31-35-18(22)3/h5-8,10,12,15-16,25H,4,9,11,13-14H2,1-3H3,(H,29,32). The molecule has 186 valence electrons. The number of rotatable bonds is 8. The lowest BCUT2D eigenvalue weighted by Crippen LogP contribution is -2.25. The second-order valence-electron chi connectivity index (χ2n) is 8.87. The third-order valence-corrected chi connectivity index (χ3v) is 7.39. The average molecular weight is 504 g/mol. The fourth-order valence-corrected chi connectivity index (χ4v) is 5.28. The van der Waals surface area contributed by atoms with E-state index in [1.807, 2.05) is 32.0 Å². The van der Waals surface area contributed by atoms with Crippen molar-refractivity contribution >= 4 is 17.2 Å². The number of aromatic nitrogens is 2. The van der Waals surface area contributed by atoms with Gasteiger partial charge in [-0.3, -0.25) is 4.79 Å². The molecule has 1 aliphatic rings. The van der Waals surface area contributed by atoms with E-state index in [9.17, 15) is 4.79 Å². The lowest BCUT2D eigenvalue weighted by atomic mass is 9.93. The lowest BCUT2D eigenvalue weighted by Gasteiger charge is -2.28. The van der Waals surface area contributed by atoms with Gasteiger partial charge in [-0.05, 0) is 74.4 Å². The second kappa shape index (κ2) is 10.5. The topological polar surface area (TPSA) is 86.5 Å². The summed E-state index contributed by atoms with van der Waals surface area (Å²) in [6.07, 6.45) is 5.09. The number of benzene rings is 2. The molecular formula is C28H29N3O4S. The molecular weight excluding hydrogens is 474 g/mol. The Morgan fingerprint density at radius 3 is 2.89 bits per heavy atom. The van der Waals surface area contributed by atoms with Crippen molar-refractivity contribution in [3.8, 4) is 16.7 Å². The molecule has 4 aromatic rings. The van der Waals surface area contributed by atoms with Crippen molar-refractivity contribution in [1.29, 1.82) is 0 Å². The summed E-state index contributed by atoms with van der Waals surface area (Å²) in [6, 6.07) is 14.3. The Kier molecular flexibility index (Phi) is 7.04. The average Bonchev–Trinajstić information content (AvgIpc) is 3.50. The number of ether oxygens (including phenoxy) is 2. The first-order chi connectivity index (χ1) is 17.5. The first-order valence-corrected chi connectivity index (χ1v) is 13.0. The monoisotopic (exact) mass is 503 g/mol. The van der Waals surface area contributed by atoms with Gasteiger partial charge in [-0.1, -0.05) is 47.7 Å². The molecule has 1 amide bonds. The van der Waals surface area contributed by atoms with Crippen LogP contribution in [0.1, 0.15) is 62.8 Å². The quantitative estimate of drug-likeness (QED) is 0.311. The molecule has 1 N–H and O–H groups in total. The van der Waals surface area contributed by atoms with E-state index in [0.717, 1.165) is 47.6 Å². The van der Waals surface area contributed by atoms with Crippen LogP contribution in [0, 0.1) is 13.8 Å². The number of thiazole rings is 1. The van der Waals surface area contributed by atoms with Crippen LogP contribution in [0.4, 0.5) is 0 Å². The molecule has 2 aromatic heterocycles. The summed E-state index contributed by atoms with van der Waals surface area (Å²) in [7, 11) is 0. The Morgan fingerprint density at radius 1 is 1.22 bits per heavy atom. The first-order valence-electron chi connectivity index (χ1n) is 12.2. The summed E-state index contributed by atoms with van der Waals surface area (Å²) >= 11 is 1.22. The van der Waals surface area contributed by atoms with Crippen LogP contribution in [0.3, 0.4) is 0 Å². The maximum atomic E-state index is 12.5. The van der Waals surface area contributed by atoms with Crippen LogP contribution in [0.25, 0.3) is 0 Å². The van der Waals surface area contributed by atoms with Crippen molar-refractivity contribution in [2.45, 2.75) is 52.6 Å². The van der Waals surface area contributed by atoms with E-state index in [2.05, 4.69) is 46.6 Å². The van der Waals surface area contributed by atoms with Crippen molar-refractivity contribution in [2.75, 3.05) is 6.54 Å². The summed E-state index contributed by atoms with van der Waals surface area (Å²) in [6.45, 7) is 6.44. The second-order valence-corrected chi connectivity index (χ2v) is 9.86. The van der Waals surface area contributed by atoms with Crippen molar-refractivity contribution in [3.05, 3.63) is 87.2 Å². The molecule has 0 saturated heterocycles. The van der Waals surface area contributed by atoms with Gasteiger partial charge in [-0.25, -0.2) is 4.98 Å². The maximum absolute atomic E-state index is 12.5. The number of nitrogens with one attached hydrogen (secondary N) is 1. The predicted molar refractivity (Wildman–Crippen MR) is 138 cm³/mol. The highest BCUT2D eigenvalue weighted by Crippen LogP contribution is 2.39. The highest BCUT2D eigenvalue weighted by Gasteiger charge is 2.23. The van der Waals surface area contributed by atoms with Crippen LogP contribution < -0.4 is 14.8 Å². The van der Waals surface area contributed by atoms with E-state index >= 15 is 0 Å². The van der Waals surface area contributed by atoms with Gasteiger partial charge in [0.05, 0.1) is 11.9 Å². The van der Waals surface area contributed by atoms with E-state index < -0.39 is 0 Å². The summed E-state index contributed by atoms with van der Waals surface area (Å²) < 4.78 is 17.5. The predicted octanol–water partition coefficient (Wildman–Crippen LogP) is 6.14. The van der Waals surface area contributed by atoms with Crippen LogP contribution >= 0.6 is 11.3 Å². The van der Waals surface area contributed by atoms with Crippen LogP contribution in [0.5, 0.6) is 16.7 Å². The number of carbonyl (C=O) groups excluding carboxylic acids is 1. The number of hydrogen-bond acceptors (Lipinski definition) is 7. The van der Waals surface area contributed by atoms with Gasteiger partial charge in [0.2, 0.25) is 0 Å². The Morgan fingerprint density at radius 2 is 2.08 bits per heavy atom. The highest BCUT2D eigenvalue weighted by atomic mass is 32.1. The Balaban J connectivity index is 1.19. The van der Waals surface area contributed by atoms with Gasteiger partial charge >= 0.3 is 0 Å². The molecule has 0 radical (unpaired) electrons. The molecule has 8 heteroatoms. The molecule has 1 atom stereocenters. The zero-order valence-corrected chi connectivity index (χ0v) is 21.5. The highest BCUT2D eigenvalue weighted by molar-refractivity contribution is 7.15. The van der Waals surface area contributed by atoms with Gasteiger partial charge in [0.1, 0.15) is 28.2 Å². The molecule has 0 bridgehead atoms. The number of fused-ring (bicyclic) bond motifs is 1. The van der Waals surface area contributed by atoms with Gasteiger partial charge < -0.3 is 19.3 Å². The fraction of sp³-hybridized carbons (Fsp3) is 0.321. The summed E-state index contributed by atoms with van der Waals surface area (Å²) in [4.78, 5) is 17.3. The van der Waals surface area contributed by atoms with Crippen molar-refractivity contribution in [3.63, 3.8) is 0 Å². The Labute approximate surface area is 214 Å². The summed E-state index contributed by atoms with van der Waals surface area (Å²) in [5, 5.41) is 7.30. The third-order valence-electron chi connectivity index (χ3n) is 6.52. The Hall–Kier alpha value is -3.65. The van der Waals surface area contributed by atoms with Crippen LogP contribution in [0.15, 0.2) is 53.2 Å². The number of aryl methyl sites for hydroxylation is 4. The van der Waals surface area contributed by atoms with E-state index in [-0.39, 0.29) is 12.0 Å². The Bertz CT molecular complexity index is 1360. The van der Waals surface area contributed by atoms with Crippen molar-refractivity contribution in [1.82, 2.24) is 15.5 Å². The smallest absolute Gasteiger partial charge is 0.279 e. The third kappa shape index (κ3) is 5.14. The molecule has 0 fully saturated rings. The van der Waals surface area contributed by atoms with Crippen LogP contribution in [0.2, 0.25) is 0 Å². The molecule has 3 heterocycles. The largest absolute Gasteiger partial charge is 0.485 e. The molecule has 1 unspecified atom stereocenters. The van der Waals surface area contributed by atoms with Crippen LogP contribution in [-0.4, -0.2) is 22.6 Å². The normalized spacial score (nSPS) is 14.7. The summed E-state index contributed by atoms with van der Waals surface area (Å²) in [5.74, 6) is 2.19. The maximum Gasteiger partial charge on any atom is 0.279 e. The summed E-state index contributed by atoms with van der Waals surface area (Å²) in [5.41, 5.74) is 5.60. The van der Waals surface area contributed by atoms with Crippen LogP contribution in [-0.2, 0) is 19.3 Å².